The highest BCUT2D eigenvalue weighted by molar-refractivity contribution is 5.95. The van der Waals surface area contributed by atoms with Crippen LogP contribution in [0.5, 0.6) is 0 Å². The molecule has 2 rings (SSSR count). The fourth-order valence-corrected chi connectivity index (χ4v) is 1.51. The lowest BCUT2D eigenvalue weighted by Gasteiger charge is -2.04. The van der Waals surface area contributed by atoms with Gasteiger partial charge in [0, 0.05) is 7.05 Å². The second-order valence-corrected chi connectivity index (χ2v) is 3.26. The molecule has 0 bridgehead atoms. The van der Waals surface area contributed by atoms with Crippen molar-refractivity contribution >= 4 is 11.6 Å². The number of fused-ring (bicyclic) bond motifs is 1. The molecule has 5 heteroatoms. The molecule has 5 nitrogen and oxygen atoms in total. The largest absolute Gasteiger partial charge is 0.322 e. The third-order valence-electron chi connectivity index (χ3n) is 2.35. The molecular weight excluding hydrogens is 168 g/mol. The Morgan fingerprint density at radius 2 is 2.54 bits per heavy atom. The number of rotatable bonds is 0. The summed E-state index contributed by atoms with van der Waals surface area (Å²) in [6.45, 7) is 0. The number of hydrogen-bond acceptors (Lipinski definition) is 3. The van der Waals surface area contributed by atoms with Gasteiger partial charge in [-0.05, 0) is 12.8 Å². The molecule has 1 aromatic rings. The first-order valence-corrected chi connectivity index (χ1v) is 4.26. The van der Waals surface area contributed by atoms with Crippen molar-refractivity contribution in [2.45, 2.75) is 18.9 Å². The van der Waals surface area contributed by atoms with Crippen LogP contribution in [0.15, 0.2) is 6.20 Å². The quantitative estimate of drug-likeness (QED) is 0.572. The van der Waals surface area contributed by atoms with Crippen LogP contribution in [0.1, 0.15) is 12.1 Å². The van der Waals surface area contributed by atoms with Crippen LogP contribution in [-0.2, 0) is 18.3 Å². The summed E-state index contributed by atoms with van der Waals surface area (Å²) in [4.78, 5) is 11.3. The van der Waals surface area contributed by atoms with Crippen LogP contribution in [0.2, 0.25) is 0 Å². The van der Waals surface area contributed by atoms with E-state index in [4.69, 9.17) is 5.73 Å². The Bertz CT molecular complexity index is 344. The van der Waals surface area contributed by atoms with Gasteiger partial charge in [0.1, 0.15) is 0 Å². The summed E-state index contributed by atoms with van der Waals surface area (Å²) < 4.78 is 1.77. The van der Waals surface area contributed by atoms with Crippen LogP contribution in [0.3, 0.4) is 0 Å². The first kappa shape index (κ1) is 8.25. The van der Waals surface area contributed by atoms with E-state index in [1.54, 1.807) is 10.9 Å². The van der Waals surface area contributed by atoms with Gasteiger partial charge in [0.15, 0.2) is 0 Å². The lowest BCUT2D eigenvalue weighted by atomic mass is 10.1. The van der Waals surface area contributed by atoms with E-state index in [1.165, 1.54) is 0 Å². The molecule has 0 saturated heterocycles. The summed E-state index contributed by atoms with van der Waals surface area (Å²) in [5.41, 5.74) is 7.46. The van der Waals surface area contributed by atoms with Gasteiger partial charge in [0.05, 0.1) is 23.6 Å². The average Bonchev–Trinajstić information content (AvgIpc) is 2.36. The number of hydrogen-bond donors (Lipinski definition) is 2. The van der Waals surface area contributed by atoms with Gasteiger partial charge in [0.2, 0.25) is 5.91 Å². The van der Waals surface area contributed by atoms with Crippen LogP contribution >= 0.6 is 0 Å². The Morgan fingerprint density at radius 3 is 3.31 bits per heavy atom. The number of carbonyl (C=O) groups is 1. The number of carbonyl (C=O) groups excluding carboxylic acids is 1. The first-order chi connectivity index (χ1) is 6.18. The smallest absolute Gasteiger partial charge is 0.241 e. The van der Waals surface area contributed by atoms with Gasteiger partial charge < -0.3 is 11.1 Å². The van der Waals surface area contributed by atoms with Crippen molar-refractivity contribution in [3.05, 3.63) is 11.9 Å². The van der Waals surface area contributed by atoms with Crippen molar-refractivity contribution in [1.29, 1.82) is 0 Å². The lowest BCUT2D eigenvalue weighted by molar-refractivity contribution is -0.117. The zero-order valence-electron chi connectivity index (χ0n) is 7.45. The molecule has 0 aliphatic carbocycles. The Morgan fingerprint density at radius 1 is 1.77 bits per heavy atom. The maximum absolute atomic E-state index is 11.3. The molecule has 1 aliphatic heterocycles. The summed E-state index contributed by atoms with van der Waals surface area (Å²) in [5.74, 6) is -0.119. The average molecular weight is 180 g/mol. The van der Waals surface area contributed by atoms with E-state index in [0.717, 1.165) is 17.8 Å². The predicted octanol–water partition coefficient (Wildman–Crippen LogP) is -0.368. The molecule has 0 fully saturated rings. The van der Waals surface area contributed by atoms with Gasteiger partial charge in [-0.3, -0.25) is 9.48 Å². The second-order valence-electron chi connectivity index (χ2n) is 3.26. The normalized spacial score (nSPS) is 22.0. The highest BCUT2D eigenvalue weighted by Gasteiger charge is 2.21. The molecule has 2 heterocycles. The van der Waals surface area contributed by atoms with E-state index in [1.807, 2.05) is 7.05 Å². The highest BCUT2D eigenvalue weighted by Crippen LogP contribution is 2.19. The fraction of sp³-hybridized carbons (Fsp3) is 0.500. The van der Waals surface area contributed by atoms with Crippen molar-refractivity contribution in [3.8, 4) is 0 Å². The van der Waals surface area contributed by atoms with Crippen molar-refractivity contribution in [3.63, 3.8) is 0 Å². The summed E-state index contributed by atoms with van der Waals surface area (Å²) in [7, 11) is 1.86. The maximum Gasteiger partial charge on any atom is 0.241 e. The first-order valence-electron chi connectivity index (χ1n) is 4.26. The molecule has 1 aliphatic rings. The SMILES string of the molecule is Cn1ncc2c1CCC(N)C(=O)N2. The highest BCUT2D eigenvalue weighted by atomic mass is 16.2. The molecule has 1 unspecified atom stereocenters. The molecule has 1 atom stereocenters. The summed E-state index contributed by atoms with van der Waals surface area (Å²) in [6.07, 6.45) is 3.13. The Labute approximate surface area is 75.9 Å². The van der Waals surface area contributed by atoms with Crippen LogP contribution < -0.4 is 11.1 Å². The van der Waals surface area contributed by atoms with E-state index in [-0.39, 0.29) is 5.91 Å². The minimum Gasteiger partial charge on any atom is -0.322 e. The number of nitrogens with two attached hydrogens (primary N) is 1. The van der Waals surface area contributed by atoms with Crippen LogP contribution in [0, 0.1) is 0 Å². The van der Waals surface area contributed by atoms with E-state index < -0.39 is 6.04 Å². The Hall–Kier alpha value is -1.36. The van der Waals surface area contributed by atoms with Gasteiger partial charge in [-0.2, -0.15) is 5.10 Å². The van der Waals surface area contributed by atoms with E-state index in [2.05, 4.69) is 10.4 Å². The van der Waals surface area contributed by atoms with Crippen molar-refractivity contribution in [1.82, 2.24) is 9.78 Å². The zero-order valence-corrected chi connectivity index (χ0v) is 7.45. The minimum atomic E-state index is -0.396. The van der Waals surface area contributed by atoms with Gasteiger partial charge in [0.25, 0.3) is 0 Å². The number of nitrogens with zero attached hydrogens (tertiary/aromatic N) is 2. The number of anilines is 1. The van der Waals surface area contributed by atoms with Crippen LogP contribution in [0.25, 0.3) is 0 Å². The van der Waals surface area contributed by atoms with Crippen LogP contribution in [0.4, 0.5) is 5.69 Å². The van der Waals surface area contributed by atoms with Gasteiger partial charge in [-0.25, -0.2) is 0 Å². The topological polar surface area (TPSA) is 72.9 Å². The molecule has 0 aromatic carbocycles. The third kappa shape index (κ3) is 1.31. The van der Waals surface area contributed by atoms with Crippen molar-refractivity contribution < 1.29 is 4.79 Å². The molecule has 1 aromatic heterocycles. The molecule has 1 amide bonds. The summed E-state index contributed by atoms with van der Waals surface area (Å²) >= 11 is 0. The summed E-state index contributed by atoms with van der Waals surface area (Å²) in [5, 5.41) is 6.81. The van der Waals surface area contributed by atoms with E-state index in [0.29, 0.717) is 6.42 Å². The zero-order chi connectivity index (χ0) is 9.42. The van der Waals surface area contributed by atoms with Crippen molar-refractivity contribution in [2.24, 2.45) is 12.8 Å². The molecular formula is C8H12N4O. The third-order valence-corrected chi connectivity index (χ3v) is 2.35. The maximum atomic E-state index is 11.3. The standard InChI is InChI=1S/C8H12N4O/c1-12-7-3-2-5(9)8(13)11-6(7)4-10-12/h4-5H,2-3,9H2,1H3,(H,11,13). The van der Waals surface area contributed by atoms with Gasteiger partial charge in [-0.15, -0.1) is 0 Å². The number of aromatic nitrogens is 2. The van der Waals surface area contributed by atoms with Gasteiger partial charge >= 0.3 is 0 Å². The molecule has 0 radical (unpaired) electrons. The monoisotopic (exact) mass is 180 g/mol. The van der Waals surface area contributed by atoms with E-state index >= 15 is 0 Å². The van der Waals surface area contributed by atoms with Crippen LogP contribution in [-0.4, -0.2) is 21.7 Å². The predicted molar refractivity (Wildman–Crippen MR) is 48.1 cm³/mol. The van der Waals surface area contributed by atoms with Gasteiger partial charge in [-0.1, -0.05) is 0 Å². The molecule has 0 saturated carbocycles. The summed E-state index contributed by atoms with van der Waals surface area (Å²) in [6, 6.07) is -0.396. The second kappa shape index (κ2) is 2.85. The Balaban J connectivity index is 2.36. The Kier molecular flexibility index (Phi) is 1.81. The molecule has 3 N–H and O–H groups in total. The molecule has 70 valence electrons. The number of amides is 1. The minimum absolute atomic E-state index is 0.119. The van der Waals surface area contributed by atoms with Crippen molar-refractivity contribution in [2.75, 3.05) is 5.32 Å². The molecule has 13 heavy (non-hydrogen) atoms. The van der Waals surface area contributed by atoms with E-state index in [9.17, 15) is 4.79 Å². The fourth-order valence-electron chi connectivity index (χ4n) is 1.51. The lowest BCUT2D eigenvalue weighted by Crippen LogP contribution is -2.34. The number of aryl methyl sites for hydroxylation is 1. The molecule has 0 spiro atoms. The number of nitrogens with one attached hydrogen (secondary N) is 1.